The van der Waals surface area contributed by atoms with Gasteiger partial charge in [-0.05, 0) is 119 Å². The van der Waals surface area contributed by atoms with E-state index in [0.717, 1.165) is 24.7 Å². The van der Waals surface area contributed by atoms with Gasteiger partial charge in [-0.2, -0.15) is 0 Å². The molecule has 1 aromatic rings. The molecule has 1 fully saturated rings. The van der Waals surface area contributed by atoms with Crippen molar-refractivity contribution in [1.29, 1.82) is 0 Å². The Morgan fingerprint density at radius 2 is 1.38 bits per heavy atom. The summed E-state index contributed by atoms with van der Waals surface area (Å²) in [5.74, 6) is -2.42. The summed E-state index contributed by atoms with van der Waals surface area (Å²) in [6.45, 7) is 16.5. The van der Waals surface area contributed by atoms with Crippen LogP contribution in [0.2, 0.25) is 0 Å². The predicted octanol–water partition coefficient (Wildman–Crippen LogP) is 4.30. The Kier molecular flexibility index (Phi) is 16.1. The quantitative estimate of drug-likeness (QED) is 0.124. The Balaban J connectivity index is 2.39. The lowest BCUT2D eigenvalue weighted by molar-refractivity contribution is -0.163. The highest BCUT2D eigenvalue weighted by atomic mass is 32.2. The molecule has 3 atom stereocenters. The molecule has 14 heteroatoms. The number of amides is 2. The first-order valence-corrected chi connectivity index (χ1v) is 20.2. The highest BCUT2D eigenvalue weighted by molar-refractivity contribution is 7.88. The summed E-state index contributed by atoms with van der Waals surface area (Å²) >= 11 is 0. The molecule has 296 valence electrons. The van der Waals surface area contributed by atoms with E-state index < -0.39 is 62.5 Å². The largest absolute Gasteiger partial charge is 0.488 e. The third kappa shape index (κ3) is 16.6. The molecular weight excluding hydrogens is 689 g/mol. The van der Waals surface area contributed by atoms with Gasteiger partial charge in [-0.1, -0.05) is 31.4 Å². The zero-order chi connectivity index (χ0) is 39.5. The van der Waals surface area contributed by atoms with Crippen LogP contribution in [-0.4, -0.2) is 80.4 Å². The van der Waals surface area contributed by atoms with Crippen LogP contribution < -0.4 is 25.8 Å². The minimum Gasteiger partial charge on any atom is -0.488 e. The molecule has 13 nitrogen and oxygen atoms in total. The number of carbonyl (C=O) groups excluding carboxylic acids is 4. The Hall–Kier alpha value is -3.23. The molecule has 0 unspecified atom stereocenters. The zero-order valence-corrected chi connectivity index (χ0v) is 33.8. The number of benzene rings is 1. The van der Waals surface area contributed by atoms with Gasteiger partial charge < -0.3 is 30.6 Å². The van der Waals surface area contributed by atoms with Gasteiger partial charge in [0.15, 0.2) is 0 Å². The molecule has 0 aromatic heterocycles. The normalized spacial score (nSPS) is 16.7. The molecular formula is C38H64N4O9S. The molecule has 0 bridgehead atoms. The lowest BCUT2D eigenvalue weighted by Gasteiger charge is -2.34. The summed E-state index contributed by atoms with van der Waals surface area (Å²) in [5, 5.41) is 5.73. The van der Waals surface area contributed by atoms with E-state index in [1.165, 1.54) is 0 Å². The van der Waals surface area contributed by atoms with Gasteiger partial charge in [-0.25, -0.2) is 17.9 Å². The number of nitrogens with two attached hydrogens (primary N) is 1. The van der Waals surface area contributed by atoms with Gasteiger partial charge >= 0.3 is 11.9 Å². The first kappa shape index (κ1) is 44.9. The second-order valence-corrected chi connectivity index (χ2v) is 18.8. The molecule has 0 saturated heterocycles. The topological polar surface area (TPSA) is 192 Å². The van der Waals surface area contributed by atoms with Crippen LogP contribution in [-0.2, 0) is 45.1 Å². The maximum atomic E-state index is 14.4. The van der Waals surface area contributed by atoms with Crippen LogP contribution in [0.4, 0.5) is 0 Å². The fraction of sp³-hybridized carbons (Fsp3) is 0.737. The maximum Gasteiger partial charge on any atom is 0.329 e. The lowest BCUT2D eigenvalue weighted by atomic mass is 9.76. The number of hydrogen-bond donors (Lipinski definition) is 4. The highest BCUT2D eigenvalue weighted by Gasteiger charge is 2.46. The maximum absolute atomic E-state index is 14.4. The smallest absolute Gasteiger partial charge is 0.329 e. The number of nitrogens with one attached hydrogen (secondary N) is 3. The van der Waals surface area contributed by atoms with Crippen LogP contribution in [0.25, 0.3) is 0 Å². The number of ether oxygens (including phenoxy) is 3. The van der Waals surface area contributed by atoms with E-state index in [1.807, 2.05) is 45.0 Å². The number of sulfonamides is 1. The van der Waals surface area contributed by atoms with Gasteiger partial charge in [0.2, 0.25) is 21.8 Å². The van der Waals surface area contributed by atoms with Gasteiger partial charge in [0.05, 0.1) is 17.6 Å². The summed E-state index contributed by atoms with van der Waals surface area (Å²) < 4.78 is 43.9. The SMILES string of the molecule is CC(C)(C)OC(=O)[C@H](CNC(=O)[C@H](CCCCN)NS(C)(=O)=O)CC1(C(=O)N[C@@H](Cc2ccc(OC(C)(C)C)cc2)C(=O)OC(C)(C)C)CCCC1. The van der Waals surface area contributed by atoms with Crippen molar-refractivity contribution in [3.63, 3.8) is 0 Å². The van der Waals surface area contributed by atoms with E-state index in [4.69, 9.17) is 19.9 Å². The van der Waals surface area contributed by atoms with Gasteiger partial charge in [-0.3, -0.25) is 14.4 Å². The summed E-state index contributed by atoms with van der Waals surface area (Å²) in [7, 11) is -3.72. The van der Waals surface area contributed by atoms with E-state index in [-0.39, 0.29) is 37.3 Å². The van der Waals surface area contributed by atoms with Crippen LogP contribution >= 0.6 is 0 Å². The molecule has 0 aliphatic heterocycles. The van der Waals surface area contributed by atoms with Crippen molar-refractivity contribution in [2.75, 3.05) is 19.3 Å². The second-order valence-electron chi connectivity index (χ2n) is 17.0. The number of unbranched alkanes of at least 4 members (excludes halogenated alkanes) is 1. The van der Waals surface area contributed by atoms with E-state index in [1.54, 1.807) is 41.5 Å². The molecule has 0 spiro atoms. The van der Waals surface area contributed by atoms with Gasteiger partial charge in [-0.15, -0.1) is 0 Å². The minimum absolute atomic E-state index is 0.0469. The van der Waals surface area contributed by atoms with Crippen LogP contribution in [0, 0.1) is 11.3 Å². The molecule has 1 saturated carbocycles. The van der Waals surface area contributed by atoms with Crippen LogP contribution in [0.5, 0.6) is 5.75 Å². The van der Waals surface area contributed by atoms with Crippen molar-refractivity contribution in [2.24, 2.45) is 17.1 Å². The number of carbonyl (C=O) groups is 4. The predicted molar refractivity (Wildman–Crippen MR) is 201 cm³/mol. The average Bonchev–Trinajstić information content (AvgIpc) is 3.46. The Labute approximate surface area is 311 Å². The Bertz CT molecular complexity index is 1450. The summed E-state index contributed by atoms with van der Waals surface area (Å²) in [5.41, 5.74) is 3.31. The molecule has 2 rings (SSSR count). The molecule has 1 aromatic carbocycles. The molecule has 1 aliphatic rings. The first-order valence-electron chi connectivity index (χ1n) is 18.3. The zero-order valence-electron chi connectivity index (χ0n) is 33.0. The van der Waals surface area contributed by atoms with Crippen molar-refractivity contribution in [2.45, 2.75) is 149 Å². The van der Waals surface area contributed by atoms with E-state index in [9.17, 15) is 27.6 Å². The lowest BCUT2D eigenvalue weighted by Crippen LogP contribution is -2.52. The minimum atomic E-state index is -3.72. The fourth-order valence-electron chi connectivity index (χ4n) is 6.17. The molecule has 0 radical (unpaired) electrons. The first-order chi connectivity index (χ1) is 23.8. The van der Waals surface area contributed by atoms with Crippen molar-refractivity contribution in [3.05, 3.63) is 29.8 Å². The Morgan fingerprint density at radius 1 is 0.827 bits per heavy atom. The van der Waals surface area contributed by atoms with Gasteiger partial charge in [0.1, 0.15) is 34.6 Å². The average molecular weight is 753 g/mol. The highest BCUT2D eigenvalue weighted by Crippen LogP contribution is 2.44. The summed E-state index contributed by atoms with van der Waals surface area (Å²) in [6, 6.07) is 5.25. The third-order valence-corrected chi connectivity index (χ3v) is 9.06. The molecule has 5 N–H and O–H groups in total. The standard InChI is InChI=1S/C38H64N4O9S/c1-35(2,3)49-28-18-16-26(17-19-28)23-30(33(45)51-37(7,8)9)41-34(46)38(20-12-13-21-38)24-27(32(44)50-36(4,5)6)25-40-31(43)29(15-11-14-22-39)42-52(10,47)48/h16-19,27,29-30,42H,11-15,20-25,39H2,1-10H3,(H,40,43)(H,41,46)/t27-,29-,30-/m0/s1. The van der Waals surface area contributed by atoms with Crippen LogP contribution in [0.3, 0.4) is 0 Å². The van der Waals surface area contributed by atoms with Crippen molar-refractivity contribution < 1.29 is 41.8 Å². The number of esters is 2. The van der Waals surface area contributed by atoms with E-state index in [2.05, 4.69) is 15.4 Å². The second kappa shape index (κ2) is 18.7. The van der Waals surface area contributed by atoms with Crippen molar-refractivity contribution in [3.8, 4) is 5.75 Å². The van der Waals surface area contributed by atoms with Gasteiger partial charge in [0, 0.05) is 13.0 Å². The molecule has 1 aliphatic carbocycles. The monoisotopic (exact) mass is 752 g/mol. The van der Waals surface area contributed by atoms with Crippen LogP contribution in [0.1, 0.15) is 119 Å². The number of rotatable bonds is 18. The summed E-state index contributed by atoms with van der Waals surface area (Å²) in [6.07, 6.45) is 4.91. The van der Waals surface area contributed by atoms with Crippen molar-refractivity contribution >= 4 is 33.8 Å². The third-order valence-electron chi connectivity index (χ3n) is 8.35. The van der Waals surface area contributed by atoms with E-state index in [0.29, 0.717) is 38.0 Å². The van der Waals surface area contributed by atoms with E-state index >= 15 is 0 Å². The molecule has 0 heterocycles. The molecule has 2 amide bonds. The number of hydrogen-bond acceptors (Lipinski definition) is 10. The fourth-order valence-corrected chi connectivity index (χ4v) is 6.92. The summed E-state index contributed by atoms with van der Waals surface area (Å²) in [4.78, 5) is 54.9. The van der Waals surface area contributed by atoms with Crippen molar-refractivity contribution in [1.82, 2.24) is 15.4 Å². The van der Waals surface area contributed by atoms with Gasteiger partial charge in [0.25, 0.3) is 0 Å². The Morgan fingerprint density at radius 3 is 1.88 bits per heavy atom. The van der Waals surface area contributed by atoms with Crippen LogP contribution in [0.15, 0.2) is 24.3 Å². The molecule has 52 heavy (non-hydrogen) atoms.